The van der Waals surface area contributed by atoms with Crippen molar-refractivity contribution >= 4 is 11.6 Å². The van der Waals surface area contributed by atoms with E-state index in [1.54, 1.807) is 6.07 Å². The summed E-state index contributed by atoms with van der Waals surface area (Å²) in [5.74, 6) is 0. The average molecular weight is 276 g/mol. The van der Waals surface area contributed by atoms with Gasteiger partial charge in [-0.15, -0.1) is 0 Å². The number of hydrogen-bond acceptors (Lipinski definition) is 2. The van der Waals surface area contributed by atoms with Gasteiger partial charge in [-0.3, -0.25) is 0 Å². The molecule has 2 aromatic rings. The first kappa shape index (κ1) is 14.1. The molecule has 2 nitrogen and oxygen atoms in total. The van der Waals surface area contributed by atoms with E-state index in [4.69, 9.17) is 11.6 Å². The van der Waals surface area contributed by atoms with Gasteiger partial charge in [0.15, 0.2) is 0 Å². The van der Waals surface area contributed by atoms with E-state index in [1.807, 2.05) is 36.4 Å². The summed E-state index contributed by atoms with van der Waals surface area (Å²) in [4.78, 5) is 0. The Bertz CT molecular complexity index is 501. The molecule has 2 rings (SSSR count). The minimum Gasteiger partial charge on any atom is -0.388 e. The van der Waals surface area contributed by atoms with Crippen LogP contribution in [0.5, 0.6) is 0 Å². The third-order valence-electron chi connectivity index (χ3n) is 3.03. The molecule has 19 heavy (non-hydrogen) atoms. The maximum absolute atomic E-state index is 10.1. The van der Waals surface area contributed by atoms with E-state index in [1.165, 1.54) is 5.56 Å². The summed E-state index contributed by atoms with van der Waals surface area (Å²) in [6.07, 6.45) is 0.133. The lowest BCUT2D eigenvalue weighted by Crippen LogP contribution is -2.17. The molecule has 0 spiro atoms. The van der Waals surface area contributed by atoms with E-state index in [-0.39, 0.29) is 0 Å². The minimum absolute atomic E-state index is 0.517. The molecule has 0 aliphatic rings. The van der Waals surface area contributed by atoms with Crippen molar-refractivity contribution in [1.29, 1.82) is 0 Å². The van der Waals surface area contributed by atoms with Crippen molar-refractivity contribution < 1.29 is 5.11 Å². The van der Waals surface area contributed by atoms with Crippen LogP contribution in [0.25, 0.3) is 0 Å². The monoisotopic (exact) mass is 275 g/mol. The van der Waals surface area contributed by atoms with Gasteiger partial charge in [-0.2, -0.15) is 0 Å². The van der Waals surface area contributed by atoms with Gasteiger partial charge in [0, 0.05) is 11.6 Å². The Balaban J connectivity index is 1.76. The predicted octanol–water partition coefficient (Wildman–Crippen LogP) is 3.55. The number of aliphatic hydroxyl groups is 1. The van der Waals surface area contributed by atoms with Crippen molar-refractivity contribution in [3.63, 3.8) is 0 Å². The maximum atomic E-state index is 10.1. The summed E-state index contributed by atoms with van der Waals surface area (Å²) in [7, 11) is 0. The fraction of sp³-hybridized carbons (Fsp3) is 0.250. The zero-order valence-corrected chi connectivity index (χ0v) is 11.5. The van der Waals surface area contributed by atoms with Gasteiger partial charge >= 0.3 is 0 Å². The maximum Gasteiger partial charge on any atom is 0.0816 e. The molecular formula is C16H18ClNO. The molecule has 100 valence electrons. The van der Waals surface area contributed by atoms with Gasteiger partial charge in [0.25, 0.3) is 0 Å². The first-order valence-corrected chi connectivity index (χ1v) is 6.82. The Kier molecular flexibility index (Phi) is 5.40. The van der Waals surface area contributed by atoms with Crippen molar-refractivity contribution in [2.24, 2.45) is 0 Å². The first-order chi connectivity index (χ1) is 9.27. The van der Waals surface area contributed by atoms with Crippen molar-refractivity contribution in [3.05, 3.63) is 70.7 Å². The molecule has 0 saturated heterocycles. The predicted molar refractivity (Wildman–Crippen MR) is 79.2 cm³/mol. The van der Waals surface area contributed by atoms with E-state index >= 15 is 0 Å². The van der Waals surface area contributed by atoms with Crippen LogP contribution in [-0.2, 0) is 6.54 Å². The molecule has 0 fully saturated rings. The molecule has 0 radical (unpaired) electrons. The Morgan fingerprint density at radius 1 is 1.00 bits per heavy atom. The quantitative estimate of drug-likeness (QED) is 0.790. The van der Waals surface area contributed by atoms with Gasteiger partial charge in [0.1, 0.15) is 0 Å². The highest BCUT2D eigenvalue weighted by molar-refractivity contribution is 6.31. The second kappa shape index (κ2) is 7.29. The van der Waals surface area contributed by atoms with Crippen LogP contribution in [-0.4, -0.2) is 11.7 Å². The highest BCUT2D eigenvalue weighted by Gasteiger charge is 2.10. The van der Waals surface area contributed by atoms with Gasteiger partial charge in [-0.1, -0.05) is 60.1 Å². The van der Waals surface area contributed by atoms with Crippen LogP contribution in [0.4, 0.5) is 0 Å². The molecule has 1 atom stereocenters. The number of aliphatic hydroxyl groups excluding tert-OH is 1. The summed E-state index contributed by atoms with van der Waals surface area (Å²) in [5, 5.41) is 14.0. The topological polar surface area (TPSA) is 32.3 Å². The summed E-state index contributed by atoms with van der Waals surface area (Å²) in [5.41, 5.74) is 2.04. The third-order valence-corrected chi connectivity index (χ3v) is 3.37. The molecule has 0 heterocycles. The summed E-state index contributed by atoms with van der Waals surface area (Å²) in [6, 6.07) is 17.6. The van der Waals surface area contributed by atoms with Crippen molar-refractivity contribution in [3.8, 4) is 0 Å². The summed E-state index contributed by atoms with van der Waals surface area (Å²) in [6.45, 7) is 1.57. The number of halogens is 1. The lowest BCUT2D eigenvalue weighted by Gasteiger charge is -2.13. The lowest BCUT2D eigenvalue weighted by atomic mass is 10.1. The SMILES string of the molecule is O[C@H](CCNCc1ccccc1)c1ccccc1Cl. The van der Waals surface area contributed by atoms with Crippen LogP contribution < -0.4 is 5.32 Å². The highest BCUT2D eigenvalue weighted by atomic mass is 35.5. The normalized spacial score (nSPS) is 12.3. The second-order valence-electron chi connectivity index (χ2n) is 4.49. The molecule has 0 bridgehead atoms. The number of nitrogens with one attached hydrogen (secondary N) is 1. The van der Waals surface area contributed by atoms with Crippen LogP contribution in [0.2, 0.25) is 5.02 Å². The van der Waals surface area contributed by atoms with Crippen LogP contribution in [0, 0.1) is 0 Å². The van der Waals surface area contributed by atoms with Crippen LogP contribution in [0.3, 0.4) is 0 Å². The Morgan fingerprint density at radius 2 is 1.68 bits per heavy atom. The largest absolute Gasteiger partial charge is 0.388 e. The molecule has 0 aromatic heterocycles. The Hall–Kier alpha value is -1.35. The van der Waals surface area contributed by atoms with Crippen molar-refractivity contribution in [2.75, 3.05) is 6.54 Å². The zero-order valence-electron chi connectivity index (χ0n) is 10.7. The Morgan fingerprint density at radius 3 is 2.42 bits per heavy atom. The van der Waals surface area contributed by atoms with E-state index in [2.05, 4.69) is 17.4 Å². The number of hydrogen-bond donors (Lipinski definition) is 2. The molecule has 0 saturated carbocycles. The lowest BCUT2D eigenvalue weighted by molar-refractivity contribution is 0.167. The second-order valence-corrected chi connectivity index (χ2v) is 4.90. The van der Waals surface area contributed by atoms with Gasteiger partial charge in [-0.05, 0) is 30.2 Å². The highest BCUT2D eigenvalue weighted by Crippen LogP contribution is 2.24. The zero-order chi connectivity index (χ0) is 13.5. The molecule has 0 aliphatic carbocycles. The average Bonchev–Trinajstić information content (AvgIpc) is 2.45. The molecular weight excluding hydrogens is 258 g/mol. The fourth-order valence-electron chi connectivity index (χ4n) is 1.97. The van der Waals surface area contributed by atoms with E-state index in [0.29, 0.717) is 11.4 Å². The van der Waals surface area contributed by atoms with Crippen molar-refractivity contribution in [1.82, 2.24) is 5.32 Å². The van der Waals surface area contributed by atoms with Gasteiger partial charge < -0.3 is 10.4 Å². The first-order valence-electron chi connectivity index (χ1n) is 6.44. The summed E-state index contributed by atoms with van der Waals surface area (Å²) >= 11 is 6.05. The van der Waals surface area contributed by atoms with E-state index in [9.17, 15) is 5.11 Å². The van der Waals surface area contributed by atoms with Gasteiger partial charge in [0.2, 0.25) is 0 Å². The molecule has 0 aliphatic heterocycles. The minimum atomic E-state index is -0.517. The summed E-state index contributed by atoms with van der Waals surface area (Å²) < 4.78 is 0. The Labute approximate surface area is 119 Å². The van der Waals surface area contributed by atoms with E-state index in [0.717, 1.165) is 18.7 Å². The molecule has 0 amide bonds. The standard InChI is InChI=1S/C16H18ClNO/c17-15-9-5-4-8-14(15)16(19)10-11-18-12-13-6-2-1-3-7-13/h1-9,16,18-19H,10-12H2/t16-/m1/s1. The molecule has 3 heteroatoms. The van der Waals surface area contributed by atoms with Crippen LogP contribution >= 0.6 is 11.6 Å². The van der Waals surface area contributed by atoms with Gasteiger partial charge in [0.05, 0.1) is 6.10 Å². The van der Waals surface area contributed by atoms with Crippen molar-refractivity contribution in [2.45, 2.75) is 19.1 Å². The third kappa shape index (κ3) is 4.35. The molecule has 0 unspecified atom stereocenters. The number of benzene rings is 2. The number of rotatable bonds is 6. The van der Waals surface area contributed by atoms with Crippen LogP contribution in [0.15, 0.2) is 54.6 Å². The van der Waals surface area contributed by atoms with Crippen LogP contribution in [0.1, 0.15) is 23.7 Å². The fourth-order valence-corrected chi connectivity index (χ4v) is 2.23. The molecule has 2 N–H and O–H groups in total. The smallest absolute Gasteiger partial charge is 0.0816 e. The van der Waals surface area contributed by atoms with E-state index < -0.39 is 6.10 Å². The van der Waals surface area contributed by atoms with Gasteiger partial charge in [-0.25, -0.2) is 0 Å². The molecule has 2 aromatic carbocycles.